The molecule has 1 heterocycles. The Bertz CT molecular complexity index is 863. The fourth-order valence-electron chi connectivity index (χ4n) is 2.93. The number of pyridine rings is 1. The van der Waals surface area contributed by atoms with Crippen molar-refractivity contribution in [3.63, 3.8) is 0 Å². The molecule has 26 heavy (non-hydrogen) atoms. The maximum Gasteiger partial charge on any atom is 0.267 e. The van der Waals surface area contributed by atoms with Crippen LogP contribution in [0.1, 0.15) is 43.2 Å². The van der Waals surface area contributed by atoms with Crippen LogP contribution in [0.5, 0.6) is 0 Å². The van der Waals surface area contributed by atoms with Gasteiger partial charge in [0.25, 0.3) is 11.8 Å². The molecule has 0 aliphatic heterocycles. The lowest BCUT2D eigenvalue weighted by atomic mass is 9.96. The topological polar surface area (TPSA) is 99.1 Å². The fraction of sp³-hybridized carbons (Fsp3) is 0.0952. The molecular formula is C21H19N3O2. The van der Waals surface area contributed by atoms with Crippen molar-refractivity contribution in [1.82, 2.24) is 4.98 Å². The van der Waals surface area contributed by atoms with Crippen LogP contribution in [0.4, 0.5) is 0 Å². The summed E-state index contributed by atoms with van der Waals surface area (Å²) in [6, 6.07) is 21.2. The molecular weight excluding hydrogens is 326 g/mol. The average molecular weight is 345 g/mol. The highest BCUT2D eigenvalue weighted by molar-refractivity contribution is 5.97. The first-order valence-corrected chi connectivity index (χ1v) is 8.25. The van der Waals surface area contributed by atoms with Crippen LogP contribution in [0.15, 0.2) is 66.7 Å². The maximum atomic E-state index is 11.9. The van der Waals surface area contributed by atoms with E-state index in [2.05, 4.69) is 4.98 Å². The van der Waals surface area contributed by atoms with Crippen LogP contribution >= 0.6 is 0 Å². The van der Waals surface area contributed by atoms with E-state index >= 15 is 0 Å². The zero-order chi connectivity index (χ0) is 18.5. The van der Waals surface area contributed by atoms with Gasteiger partial charge in [0.05, 0.1) is 0 Å². The number of carbonyl (C=O) groups is 2. The van der Waals surface area contributed by atoms with E-state index in [-0.39, 0.29) is 11.4 Å². The lowest BCUT2D eigenvalue weighted by Crippen LogP contribution is -2.23. The molecule has 2 aromatic carbocycles. The number of hydrogen-bond donors (Lipinski definition) is 2. The summed E-state index contributed by atoms with van der Waals surface area (Å²) in [4.78, 5) is 27.9. The normalized spacial score (nSPS) is 10.5. The maximum absolute atomic E-state index is 11.9. The fourth-order valence-corrected chi connectivity index (χ4v) is 2.93. The summed E-state index contributed by atoms with van der Waals surface area (Å²) in [6.45, 7) is 0. The zero-order valence-electron chi connectivity index (χ0n) is 14.2. The summed E-state index contributed by atoms with van der Waals surface area (Å²) in [5.41, 5.74) is 14.5. The number of amides is 2. The van der Waals surface area contributed by atoms with E-state index in [1.165, 1.54) is 0 Å². The van der Waals surface area contributed by atoms with Crippen molar-refractivity contribution in [1.29, 1.82) is 0 Å². The summed E-state index contributed by atoms with van der Waals surface area (Å²) in [7, 11) is 0. The van der Waals surface area contributed by atoms with Gasteiger partial charge in [-0.2, -0.15) is 0 Å². The third-order valence-electron chi connectivity index (χ3n) is 4.12. The molecule has 0 saturated heterocycles. The standard InChI is InChI=1S/C21H19N3O2/c22-20(25)18-16(11-14-7-3-1-4-8-14)13-17(19(24-18)21(23)26)12-15-9-5-2-6-10-15/h1-10,13H,11-12H2,(H2,22,25)(H2,23,26). The Hall–Kier alpha value is -3.47. The molecule has 130 valence electrons. The van der Waals surface area contributed by atoms with Crippen molar-refractivity contribution in [3.05, 3.63) is 100 Å². The monoisotopic (exact) mass is 345 g/mol. The predicted octanol–water partition coefficient (Wildman–Crippen LogP) is 2.46. The number of aromatic nitrogens is 1. The minimum absolute atomic E-state index is 0.0828. The highest BCUT2D eigenvalue weighted by atomic mass is 16.1. The number of hydrogen-bond acceptors (Lipinski definition) is 3. The van der Waals surface area contributed by atoms with E-state index in [4.69, 9.17) is 11.5 Å². The number of benzene rings is 2. The number of nitrogens with two attached hydrogens (primary N) is 2. The largest absolute Gasteiger partial charge is 0.364 e. The van der Waals surface area contributed by atoms with Gasteiger partial charge in [-0.25, -0.2) is 4.98 Å². The summed E-state index contributed by atoms with van der Waals surface area (Å²) < 4.78 is 0. The number of rotatable bonds is 6. The number of primary amides is 2. The lowest BCUT2D eigenvalue weighted by Gasteiger charge is -2.13. The number of carbonyl (C=O) groups excluding carboxylic acids is 2. The number of nitrogens with zero attached hydrogens (tertiary/aromatic N) is 1. The Morgan fingerprint density at radius 2 is 1.08 bits per heavy atom. The summed E-state index contributed by atoms with van der Waals surface area (Å²) in [5, 5.41) is 0. The molecule has 0 aliphatic carbocycles. The van der Waals surface area contributed by atoms with Crippen LogP contribution in [0.2, 0.25) is 0 Å². The molecule has 3 aromatic rings. The molecule has 0 spiro atoms. The van der Waals surface area contributed by atoms with E-state index in [1.807, 2.05) is 66.7 Å². The van der Waals surface area contributed by atoms with E-state index in [1.54, 1.807) is 0 Å². The van der Waals surface area contributed by atoms with Gasteiger partial charge in [-0.1, -0.05) is 66.7 Å². The summed E-state index contributed by atoms with van der Waals surface area (Å²) in [5.74, 6) is -1.35. The molecule has 1 aromatic heterocycles. The van der Waals surface area contributed by atoms with Gasteiger partial charge in [0.2, 0.25) is 0 Å². The zero-order valence-corrected chi connectivity index (χ0v) is 14.2. The molecule has 0 saturated carbocycles. The van der Waals surface area contributed by atoms with Gasteiger partial charge in [-0.15, -0.1) is 0 Å². The second-order valence-electron chi connectivity index (χ2n) is 6.06. The highest BCUT2D eigenvalue weighted by Gasteiger charge is 2.19. The van der Waals surface area contributed by atoms with Gasteiger partial charge < -0.3 is 11.5 Å². The van der Waals surface area contributed by atoms with E-state index in [0.29, 0.717) is 24.0 Å². The molecule has 0 fully saturated rings. The van der Waals surface area contributed by atoms with Crippen LogP contribution in [-0.2, 0) is 12.8 Å². The van der Waals surface area contributed by atoms with Gasteiger partial charge in [0.1, 0.15) is 11.4 Å². The lowest BCUT2D eigenvalue weighted by molar-refractivity contribution is 0.0991. The highest BCUT2D eigenvalue weighted by Crippen LogP contribution is 2.20. The third kappa shape index (κ3) is 3.95. The van der Waals surface area contributed by atoms with E-state index in [0.717, 1.165) is 11.1 Å². The van der Waals surface area contributed by atoms with Gasteiger partial charge in [0.15, 0.2) is 0 Å². The molecule has 0 radical (unpaired) electrons. The SMILES string of the molecule is NC(=O)c1nc(C(N)=O)c(Cc2ccccc2)cc1Cc1ccccc1. The van der Waals surface area contributed by atoms with Gasteiger partial charge in [-0.05, 0) is 35.1 Å². The minimum atomic E-state index is -0.676. The van der Waals surface area contributed by atoms with Crippen molar-refractivity contribution >= 4 is 11.8 Å². The Morgan fingerprint density at radius 3 is 1.42 bits per heavy atom. The molecule has 5 nitrogen and oxygen atoms in total. The Morgan fingerprint density at radius 1 is 0.692 bits per heavy atom. The van der Waals surface area contributed by atoms with Crippen molar-refractivity contribution in [3.8, 4) is 0 Å². The van der Waals surface area contributed by atoms with Crippen molar-refractivity contribution in [2.75, 3.05) is 0 Å². The van der Waals surface area contributed by atoms with Gasteiger partial charge in [0, 0.05) is 0 Å². The smallest absolute Gasteiger partial charge is 0.267 e. The summed E-state index contributed by atoms with van der Waals surface area (Å²) in [6.07, 6.45) is 0.986. The molecule has 0 bridgehead atoms. The van der Waals surface area contributed by atoms with Crippen LogP contribution < -0.4 is 11.5 Å². The first-order chi connectivity index (χ1) is 12.5. The van der Waals surface area contributed by atoms with E-state index in [9.17, 15) is 9.59 Å². The Labute approximate surface area is 151 Å². The van der Waals surface area contributed by atoms with Crippen LogP contribution in [0.3, 0.4) is 0 Å². The van der Waals surface area contributed by atoms with Gasteiger partial charge >= 0.3 is 0 Å². The van der Waals surface area contributed by atoms with Crippen molar-refractivity contribution in [2.24, 2.45) is 11.5 Å². The predicted molar refractivity (Wildman–Crippen MR) is 99.8 cm³/mol. The first kappa shape index (κ1) is 17.4. The van der Waals surface area contributed by atoms with Crippen LogP contribution in [0.25, 0.3) is 0 Å². The molecule has 0 atom stereocenters. The second kappa shape index (κ2) is 7.61. The van der Waals surface area contributed by atoms with Gasteiger partial charge in [-0.3, -0.25) is 9.59 Å². The first-order valence-electron chi connectivity index (χ1n) is 8.25. The van der Waals surface area contributed by atoms with Crippen LogP contribution in [0, 0.1) is 0 Å². The molecule has 0 aliphatic rings. The molecule has 4 N–H and O–H groups in total. The summed E-state index contributed by atoms with van der Waals surface area (Å²) >= 11 is 0. The van der Waals surface area contributed by atoms with Crippen molar-refractivity contribution < 1.29 is 9.59 Å². The van der Waals surface area contributed by atoms with Crippen LogP contribution in [-0.4, -0.2) is 16.8 Å². The molecule has 2 amide bonds. The Kier molecular flexibility index (Phi) is 5.08. The second-order valence-corrected chi connectivity index (χ2v) is 6.06. The molecule has 0 unspecified atom stereocenters. The average Bonchev–Trinajstić information content (AvgIpc) is 2.63. The van der Waals surface area contributed by atoms with E-state index < -0.39 is 11.8 Å². The minimum Gasteiger partial charge on any atom is -0.364 e. The third-order valence-corrected chi connectivity index (χ3v) is 4.12. The molecule has 5 heteroatoms. The Balaban J connectivity index is 2.08. The molecule has 3 rings (SSSR count). The van der Waals surface area contributed by atoms with Crippen molar-refractivity contribution in [2.45, 2.75) is 12.8 Å². The quantitative estimate of drug-likeness (QED) is 0.718.